The van der Waals surface area contributed by atoms with E-state index in [2.05, 4.69) is 22.9 Å². The van der Waals surface area contributed by atoms with Crippen molar-refractivity contribution in [3.05, 3.63) is 32.7 Å². The Labute approximate surface area is 80.3 Å². The molecule has 0 bridgehead atoms. The molecule has 3 heteroatoms. The van der Waals surface area contributed by atoms with Crippen LogP contribution in [0.4, 0.5) is 0 Å². The zero-order valence-electron chi connectivity index (χ0n) is 7.30. The first kappa shape index (κ1) is 9.52. The van der Waals surface area contributed by atoms with Crippen molar-refractivity contribution < 1.29 is 0 Å². The lowest BCUT2D eigenvalue weighted by atomic mass is 10.3. The largest absolute Gasteiger partial charge is 0.353 e. The van der Waals surface area contributed by atoms with Crippen molar-refractivity contribution in [3.63, 3.8) is 0 Å². The molecular weight excluding hydrogens is 218 g/mol. The number of hydrogen-bond donors (Lipinski definition) is 0. The van der Waals surface area contributed by atoms with E-state index in [4.69, 9.17) is 0 Å². The molecule has 0 aliphatic carbocycles. The molecule has 0 aromatic carbocycles. The fourth-order valence-corrected chi connectivity index (χ4v) is 1.70. The standard InChI is InChI=1S/C9H12BrNO/c1-3-4-11-5-7(2)9(12)8(10)6-11/h5-6H,3-4H2,1-2H3. The Morgan fingerprint density at radius 1 is 1.50 bits per heavy atom. The van der Waals surface area contributed by atoms with Crippen molar-refractivity contribution in [3.8, 4) is 0 Å². The lowest BCUT2D eigenvalue weighted by Crippen LogP contribution is -2.10. The van der Waals surface area contributed by atoms with Gasteiger partial charge in [-0.2, -0.15) is 0 Å². The number of halogens is 1. The maximum Gasteiger partial charge on any atom is 0.198 e. The predicted molar refractivity (Wildman–Crippen MR) is 53.4 cm³/mol. The lowest BCUT2D eigenvalue weighted by molar-refractivity contribution is 0.668. The number of hydrogen-bond acceptors (Lipinski definition) is 1. The monoisotopic (exact) mass is 229 g/mol. The summed E-state index contributed by atoms with van der Waals surface area (Å²) in [6.45, 7) is 4.90. The summed E-state index contributed by atoms with van der Waals surface area (Å²) in [4.78, 5) is 11.3. The molecule has 1 aromatic heterocycles. The van der Waals surface area contributed by atoms with Gasteiger partial charge in [-0.25, -0.2) is 0 Å². The normalized spacial score (nSPS) is 10.2. The van der Waals surface area contributed by atoms with Crippen molar-refractivity contribution in [2.24, 2.45) is 0 Å². The summed E-state index contributed by atoms with van der Waals surface area (Å²) in [6, 6.07) is 0. The summed E-state index contributed by atoms with van der Waals surface area (Å²) in [6.07, 6.45) is 4.80. The Hall–Kier alpha value is -0.570. The van der Waals surface area contributed by atoms with Gasteiger partial charge in [0.25, 0.3) is 0 Å². The van der Waals surface area contributed by atoms with Crippen LogP contribution in [0.3, 0.4) is 0 Å². The first-order chi connectivity index (χ1) is 5.65. The number of aromatic nitrogens is 1. The highest BCUT2D eigenvalue weighted by Gasteiger charge is 1.99. The van der Waals surface area contributed by atoms with E-state index >= 15 is 0 Å². The zero-order valence-corrected chi connectivity index (χ0v) is 8.89. The highest BCUT2D eigenvalue weighted by Crippen LogP contribution is 2.04. The topological polar surface area (TPSA) is 22.0 Å². The summed E-state index contributed by atoms with van der Waals surface area (Å²) in [5.74, 6) is 0. The molecule has 0 saturated carbocycles. The van der Waals surface area contributed by atoms with E-state index < -0.39 is 0 Å². The minimum atomic E-state index is 0.0855. The first-order valence-electron chi connectivity index (χ1n) is 4.01. The molecular formula is C9H12BrNO. The molecule has 0 fully saturated rings. The van der Waals surface area contributed by atoms with Crippen LogP contribution in [0.15, 0.2) is 21.7 Å². The Morgan fingerprint density at radius 2 is 2.17 bits per heavy atom. The van der Waals surface area contributed by atoms with Crippen LogP contribution in [0.25, 0.3) is 0 Å². The number of pyridine rings is 1. The zero-order chi connectivity index (χ0) is 9.14. The summed E-state index contributed by atoms with van der Waals surface area (Å²) < 4.78 is 2.68. The minimum absolute atomic E-state index is 0.0855. The van der Waals surface area contributed by atoms with E-state index in [0.29, 0.717) is 4.47 Å². The van der Waals surface area contributed by atoms with Gasteiger partial charge in [-0.05, 0) is 29.3 Å². The van der Waals surface area contributed by atoms with Gasteiger partial charge in [0.15, 0.2) is 5.43 Å². The van der Waals surface area contributed by atoms with E-state index in [1.54, 1.807) is 0 Å². The van der Waals surface area contributed by atoms with Crippen LogP contribution in [0.5, 0.6) is 0 Å². The van der Waals surface area contributed by atoms with Crippen molar-refractivity contribution >= 4 is 15.9 Å². The molecule has 0 unspecified atom stereocenters. The maximum absolute atomic E-state index is 11.3. The van der Waals surface area contributed by atoms with Crippen molar-refractivity contribution in [1.29, 1.82) is 0 Å². The first-order valence-corrected chi connectivity index (χ1v) is 4.80. The third-order valence-corrected chi connectivity index (χ3v) is 2.26. The smallest absolute Gasteiger partial charge is 0.198 e. The van der Waals surface area contributed by atoms with Gasteiger partial charge in [0, 0.05) is 24.5 Å². The molecule has 0 amide bonds. The summed E-state index contributed by atoms with van der Waals surface area (Å²) >= 11 is 3.23. The van der Waals surface area contributed by atoms with Crippen molar-refractivity contribution in [1.82, 2.24) is 4.57 Å². The van der Waals surface area contributed by atoms with E-state index in [1.165, 1.54) is 0 Å². The molecule has 0 spiro atoms. The van der Waals surface area contributed by atoms with E-state index in [-0.39, 0.29) is 5.43 Å². The van der Waals surface area contributed by atoms with Gasteiger partial charge in [-0.3, -0.25) is 4.79 Å². The highest BCUT2D eigenvalue weighted by molar-refractivity contribution is 9.10. The van der Waals surface area contributed by atoms with E-state index in [1.807, 2.05) is 23.9 Å². The Balaban J connectivity index is 3.13. The average Bonchev–Trinajstić information content (AvgIpc) is 2.01. The molecule has 0 saturated heterocycles. The molecule has 0 atom stereocenters. The van der Waals surface area contributed by atoms with Gasteiger partial charge >= 0.3 is 0 Å². The summed E-state index contributed by atoms with van der Waals surface area (Å²) in [5, 5.41) is 0. The van der Waals surface area contributed by atoms with Crippen molar-refractivity contribution in [2.45, 2.75) is 26.8 Å². The lowest BCUT2D eigenvalue weighted by Gasteiger charge is -2.05. The Kier molecular flexibility index (Phi) is 3.09. The molecule has 66 valence electrons. The average molecular weight is 230 g/mol. The fourth-order valence-electron chi connectivity index (χ4n) is 1.12. The maximum atomic E-state index is 11.3. The highest BCUT2D eigenvalue weighted by atomic mass is 79.9. The van der Waals surface area contributed by atoms with Gasteiger partial charge < -0.3 is 4.57 Å². The van der Waals surface area contributed by atoms with Gasteiger partial charge in [-0.1, -0.05) is 6.92 Å². The van der Waals surface area contributed by atoms with Gasteiger partial charge in [-0.15, -0.1) is 0 Å². The van der Waals surface area contributed by atoms with Crippen molar-refractivity contribution in [2.75, 3.05) is 0 Å². The van der Waals surface area contributed by atoms with Crippen LogP contribution in [0.1, 0.15) is 18.9 Å². The summed E-state index contributed by atoms with van der Waals surface area (Å²) in [5.41, 5.74) is 0.875. The second kappa shape index (κ2) is 3.90. The quantitative estimate of drug-likeness (QED) is 0.764. The van der Waals surface area contributed by atoms with Gasteiger partial charge in [0.05, 0.1) is 4.47 Å². The van der Waals surface area contributed by atoms with Crippen LogP contribution in [0.2, 0.25) is 0 Å². The molecule has 1 aromatic rings. The van der Waals surface area contributed by atoms with E-state index in [0.717, 1.165) is 18.5 Å². The third kappa shape index (κ3) is 1.97. The van der Waals surface area contributed by atoms with Gasteiger partial charge in [0.1, 0.15) is 0 Å². The minimum Gasteiger partial charge on any atom is -0.353 e. The second-order valence-corrected chi connectivity index (χ2v) is 3.71. The number of rotatable bonds is 2. The molecule has 12 heavy (non-hydrogen) atoms. The van der Waals surface area contributed by atoms with Crippen LogP contribution in [0, 0.1) is 6.92 Å². The second-order valence-electron chi connectivity index (χ2n) is 2.86. The fraction of sp³-hybridized carbons (Fsp3) is 0.444. The SMILES string of the molecule is CCCn1cc(C)c(=O)c(Br)c1. The molecule has 1 heterocycles. The van der Waals surface area contributed by atoms with Crippen LogP contribution >= 0.6 is 15.9 Å². The van der Waals surface area contributed by atoms with Crippen LogP contribution < -0.4 is 5.43 Å². The molecule has 2 nitrogen and oxygen atoms in total. The molecule has 1 rings (SSSR count). The molecule has 0 radical (unpaired) electrons. The van der Waals surface area contributed by atoms with E-state index in [9.17, 15) is 4.79 Å². The number of aryl methyl sites for hydroxylation is 2. The Morgan fingerprint density at radius 3 is 2.67 bits per heavy atom. The van der Waals surface area contributed by atoms with Crippen LogP contribution in [-0.2, 0) is 6.54 Å². The number of nitrogens with zero attached hydrogens (tertiary/aromatic N) is 1. The third-order valence-electron chi connectivity index (χ3n) is 1.70. The molecule has 0 aliphatic rings. The predicted octanol–water partition coefficient (Wildman–Crippen LogP) is 2.33. The molecule has 0 N–H and O–H groups in total. The molecule has 0 aliphatic heterocycles. The van der Waals surface area contributed by atoms with Gasteiger partial charge in [0.2, 0.25) is 0 Å². The van der Waals surface area contributed by atoms with Crippen LogP contribution in [-0.4, -0.2) is 4.57 Å². The Bertz CT molecular complexity index is 304. The summed E-state index contributed by atoms with van der Waals surface area (Å²) in [7, 11) is 0.